The second kappa shape index (κ2) is 7.86. The molecule has 2 aromatic carbocycles. The smallest absolute Gasteiger partial charge is 0.211 e. The number of hydrogen-bond acceptors (Lipinski definition) is 5. The molecule has 4 rings (SSSR count). The molecule has 0 N–H and O–H groups in total. The second-order valence-corrected chi connectivity index (χ2v) is 6.60. The first-order chi connectivity index (χ1) is 13.7. The zero-order chi connectivity index (χ0) is 19.3. The Bertz CT molecular complexity index is 1210. The number of rotatable bonds is 4. The summed E-state index contributed by atoms with van der Waals surface area (Å²) in [4.78, 5) is 5.18. The number of nitrogens with zero attached hydrogens (tertiary/aromatic N) is 4. The fourth-order valence-corrected chi connectivity index (χ4v) is 3.31. The molecule has 5 nitrogen and oxygen atoms in total. The molecule has 0 fully saturated rings. The summed E-state index contributed by atoms with van der Waals surface area (Å²) in [6.45, 7) is 0. The van der Waals surface area contributed by atoms with E-state index in [-0.39, 0.29) is 5.82 Å². The maximum atomic E-state index is 13.2. The van der Waals surface area contributed by atoms with Crippen LogP contribution in [0.3, 0.4) is 0 Å². The van der Waals surface area contributed by atoms with E-state index in [9.17, 15) is 4.39 Å². The van der Waals surface area contributed by atoms with Gasteiger partial charge in [-0.2, -0.15) is 10.4 Å². The van der Waals surface area contributed by atoms with Gasteiger partial charge < -0.3 is 4.42 Å². The van der Waals surface area contributed by atoms with Crippen LogP contribution in [-0.2, 0) is 0 Å². The topological polar surface area (TPSA) is 66.6 Å². The van der Waals surface area contributed by atoms with Gasteiger partial charge in [0.15, 0.2) is 5.76 Å². The predicted molar refractivity (Wildman–Crippen MR) is 106 cm³/mol. The van der Waals surface area contributed by atoms with Gasteiger partial charge in [-0.1, -0.05) is 12.1 Å². The van der Waals surface area contributed by atoms with Gasteiger partial charge in [0.05, 0.1) is 29.8 Å². The van der Waals surface area contributed by atoms with Gasteiger partial charge in [-0.15, -0.1) is 11.3 Å². The molecule has 136 valence electrons. The summed E-state index contributed by atoms with van der Waals surface area (Å²) < 4.78 is 20.3. The molecule has 2 aromatic heterocycles. The van der Waals surface area contributed by atoms with E-state index in [1.54, 1.807) is 47.5 Å². The Hall–Kier alpha value is -3.76. The molecule has 0 aliphatic carbocycles. The quantitative estimate of drug-likeness (QED) is 0.465. The van der Waals surface area contributed by atoms with Crippen LogP contribution >= 0.6 is 11.3 Å². The molecule has 0 atom stereocenters. The van der Waals surface area contributed by atoms with E-state index in [0.717, 1.165) is 11.3 Å². The van der Waals surface area contributed by atoms with Crippen molar-refractivity contribution < 1.29 is 8.81 Å². The Morgan fingerprint density at radius 2 is 1.86 bits per heavy atom. The Morgan fingerprint density at radius 1 is 1.07 bits per heavy atom. The third-order valence-corrected chi connectivity index (χ3v) is 4.69. The van der Waals surface area contributed by atoms with Crippen LogP contribution < -0.4 is 4.80 Å². The van der Waals surface area contributed by atoms with E-state index in [1.165, 1.54) is 23.5 Å². The maximum absolute atomic E-state index is 13.2. The first-order valence-corrected chi connectivity index (χ1v) is 9.20. The van der Waals surface area contributed by atoms with E-state index in [1.807, 2.05) is 23.6 Å². The van der Waals surface area contributed by atoms with Crippen LogP contribution in [0, 0.1) is 17.1 Å². The van der Waals surface area contributed by atoms with E-state index < -0.39 is 0 Å². The van der Waals surface area contributed by atoms with Gasteiger partial charge in [0.2, 0.25) is 4.80 Å². The number of halogens is 1. The number of nitriles is 1. The minimum absolute atomic E-state index is 0.312. The molecule has 7 heteroatoms. The molecule has 0 saturated heterocycles. The van der Waals surface area contributed by atoms with Crippen molar-refractivity contribution in [3.05, 3.63) is 94.1 Å². The van der Waals surface area contributed by atoms with Gasteiger partial charge in [0, 0.05) is 5.38 Å². The monoisotopic (exact) mass is 388 g/mol. The van der Waals surface area contributed by atoms with Gasteiger partial charge in [0.1, 0.15) is 11.5 Å². The molecule has 0 aliphatic rings. The highest BCUT2D eigenvalue weighted by Crippen LogP contribution is 2.21. The van der Waals surface area contributed by atoms with Crippen LogP contribution in [0.4, 0.5) is 10.1 Å². The predicted octanol–water partition coefficient (Wildman–Crippen LogP) is 4.93. The van der Waals surface area contributed by atoms with Gasteiger partial charge in [-0.25, -0.2) is 14.1 Å². The zero-order valence-electron chi connectivity index (χ0n) is 14.5. The van der Waals surface area contributed by atoms with Crippen molar-refractivity contribution in [1.82, 2.24) is 4.68 Å². The average Bonchev–Trinajstić information content (AvgIpc) is 3.38. The van der Waals surface area contributed by atoms with E-state index in [2.05, 4.69) is 16.2 Å². The van der Waals surface area contributed by atoms with Gasteiger partial charge in [-0.05, 0) is 54.1 Å². The first-order valence-electron chi connectivity index (χ1n) is 8.32. The standard InChI is InChI=1S/C21H13FN4OS/c22-17-7-9-18(10-8-17)25-21-26(19(14-28-21)20-2-1-11-27-20)24-13-16-5-3-15(12-23)4-6-16/h1-11,13-14H. The molecule has 4 aromatic rings. The molecule has 0 spiro atoms. The fourth-order valence-electron chi connectivity index (χ4n) is 2.48. The summed E-state index contributed by atoms with van der Waals surface area (Å²) in [5.41, 5.74) is 2.80. The lowest BCUT2D eigenvalue weighted by Gasteiger charge is -2.01. The molecule has 0 amide bonds. The van der Waals surface area contributed by atoms with Gasteiger partial charge in [-0.3, -0.25) is 0 Å². The van der Waals surface area contributed by atoms with Gasteiger partial charge in [0.25, 0.3) is 0 Å². The summed E-state index contributed by atoms with van der Waals surface area (Å²) in [6.07, 6.45) is 3.28. The highest BCUT2D eigenvalue weighted by molar-refractivity contribution is 7.07. The lowest BCUT2D eigenvalue weighted by atomic mass is 10.2. The van der Waals surface area contributed by atoms with Crippen LogP contribution in [-0.4, -0.2) is 10.9 Å². The highest BCUT2D eigenvalue weighted by Gasteiger charge is 2.10. The minimum atomic E-state index is -0.312. The van der Waals surface area contributed by atoms with Crippen molar-refractivity contribution in [2.75, 3.05) is 0 Å². The van der Waals surface area contributed by atoms with Crippen molar-refractivity contribution in [2.24, 2.45) is 10.1 Å². The largest absolute Gasteiger partial charge is 0.463 e. The zero-order valence-corrected chi connectivity index (χ0v) is 15.3. The van der Waals surface area contributed by atoms with Crippen molar-refractivity contribution >= 4 is 23.2 Å². The molecular weight excluding hydrogens is 375 g/mol. The van der Waals surface area contributed by atoms with Crippen molar-refractivity contribution in [1.29, 1.82) is 5.26 Å². The maximum Gasteiger partial charge on any atom is 0.211 e. The van der Waals surface area contributed by atoms with Gasteiger partial charge >= 0.3 is 0 Å². The number of thiazole rings is 1. The van der Waals surface area contributed by atoms with Crippen molar-refractivity contribution in [3.8, 4) is 17.5 Å². The number of benzene rings is 2. The Kier molecular flexibility index (Phi) is 4.95. The Labute approximate surface area is 164 Å². The Morgan fingerprint density at radius 3 is 2.54 bits per heavy atom. The molecule has 0 aliphatic heterocycles. The lowest BCUT2D eigenvalue weighted by molar-refractivity contribution is 0.575. The Balaban J connectivity index is 1.78. The summed E-state index contributed by atoms with van der Waals surface area (Å²) in [7, 11) is 0. The lowest BCUT2D eigenvalue weighted by Crippen LogP contribution is -2.11. The average molecular weight is 388 g/mol. The van der Waals surface area contributed by atoms with E-state index in [4.69, 9.17) is 9.68 Å². The summed E-state index contributed by atoms with van der Waals surface area (Å²) in [5.74, 6) is 0.349. The number of furan rings is 1. The SMILES string of the molecule is N#Cc1ccc(C=Nn2c(-c3ccco3)csc2=Nc2ccc(F)cc2)cc1. The molecule has 28 heavy (non-hydrogen) atoms. The van der Waals surface area contributed by atoms with E-state index >= 15 is 0 Å². The minimum Gasteiger partial charge on any atom is -0.463 e. The highest BCUT2D eigenvalue weighted by atomic mass is 32.1. The second-order valence-electron chi connectivity index (χ2n) is 5.76. The van der Waals surface area contributed by atoms with Crippen LogP contribution in [0.2, 0.25) is 0 Å². The van der Waals surface area contributed by atoms with E-state index in [0.29, 0.717) is 21.8 Å². The molecule has 2 heterocycles. The fraction of sp³-hybridized carbons (Fsp3) is 0. The molecule has 0 bridgehead atoms. The third-order valence-electron chi connectivity index (χ3n) is 3.87. The van der Waals surface area contributed by atoms with Crippen molar-refractivity contribution in [2.45, 2.75) is 0 Å². The number of hydrogen-bond donors (Lipinski definition) is 0. The van der Waals surface area contributed by atoms with Crippen LogP contribution in [0.5, 0.6) is 0 Å². The summed E-state index contributed by atoms with van der Waals surface area (Å²) >= 11 is 1.40. The molecular formula is C21H13FN4OS. The molecule has 0 saturated carbocycles. The van der Waals surface area contributed by atoms with Crippen LogP contribution in [0.1, 0.15) is 11.1 Å². The number of aromatic nitrogens is 1. The van der Waals surface area contributed by atoms with Crippen LogP contribution in [0.25, 0.3) is 11.5 Å². The molecule has 0 unspecified atom stereocenters. The first kappa shape index (κ1) is 17.6. The normalized spacial score (nSPS) is 11.8. The molecule has 0 radical (unpaired) electrons. The summed E-state index contributed by atoms with van der Waals surface area (Å²) in [5, 5.41) is 15.4. The van der Waals surface area contributed by atoms with Crippen LogP contribution in [0.15, 0.2) is 86.8 Å². The summed E-state index contributed by atoms with van der Waals surface area (Å²) in [6, 6.07) is 18.8. The third kappa shape index (κ3) is 3.82. The van der Waals surface area contributed by atoms with Crippen molar-refractivity contribution in [3.63, 3.8) is 0 Å².